The first-order valence-corrected chi connectivity index (χ1v) is 7.23. The number of hydrogen-bond acceptors (Lipinski definition) is 3. The molecule has 1 amide bonds. The fourth-order valence-corrected chi connectivity index (χ4v) is 2.98. The van der Waals surface area contributed by atoms with Crippen molar-refractivity contribution in [3.05, 3.63) is 29.8 Å². The quantitative estimate of drug-likeness (QED) is 0.887. The molecule has 5 nitrogen and oxygen atoms in total. The number of likely N-dealkylation sites (tertiary alicyclic amines) is 1. The van der Waals surface area contributed by atoms with E-state index in [1.807, 2.05) is 6.92 Å². The highest BCUT2D eigenvalue weighted by molar-refractivity contribution is 6.04. The normalized spacial score (nSPS) is 18.1. The number of amides is 1. The highest BCUT2D eigenvalue weighted by Gasteiger charge is 2.27. The Morgan fingerprint density at radius 3 is 2.86 bits per heavy atom. The molecule has 3 N–H and O–H groups in total. The van der Waals surface area contributed by atoms with Crippen LogP contribution in [0.25, 0.3) is 11.0 Å². The molecule has 1 fully saturated rings. The Morgan fingerprint density at radius 1 is 1.48 bits per heavy atom. The standard InChI is InChI=1S/C15H19FN4O/c1-9(17)10-2-4-20(5-3-10)15(21)12-6-11(16)7-13-14(12)19-8-18-13/h6-10H,2-5,17H2,1H3,(H,18,19). The number of aromatic nitrogens is 2. The van der Waals surface area contributed by atoms with Gasteiger partial charge in [-0.2, -0.15) is 0 Å². The molecule has 1 aliphatic heterocycles. The van der Waals surface area contributed by atoms with Gasteiger partial charge >= 0.3 is 0 Å². The van der Waals surface area contributed by atoms with Crippen LogP contribution in [0.2, 0.25) is 0 Å². The van der Waals surface area contributed by atoms with Crippen LogP contribution >= 0.6 is 0 Å². The maximum atomic E-state index is 13.6. The average Bonchev–Trinajstić information content (AvgIpc) is 2.93. The number of nitrogens with zero attached hydrogens (tertiary/aromatic N) is 2. The summed E-state index contributed by atoms with van der Waals surface area (Å²) in [6.45, 7) is 3.32. The number of fused-ring (bicyclic) bond motifs is 1. The third-order valence-corrected chi connectivity index (χ3v) is 4.29. The van der Waals surface area contributed by atoms with Crippen molar-refractivity contribution >= 4 is 16.9 Å². The molecule has 112 valence electrons. The zero-order valence-electron chi connectivity index (χ0n) is 12.0. The Labute approximate surface area is 122 Å². The molecule has 1 unspecified atom stereocenters. The minimum Gasteiger partial charge on any atom is -0.344 e. The van der Waals surface area contributed by atoms with Crippen molar-refractivity contribution in [3.63, 3.8) is 0 Å². The van der Waals surface area contributed by atoms with Crippen molar-refractivity contribution in [1.82, 2.24) is 14.9 Å². The van der Waals surface area contributed by atoms with Crippen molar-refractivity contribution in [2.45, 2.75) is 25.8 Å². The van der Waals surface area contributed by atoms with E-state index in [4.69, 9.17) is 5.73 Å². The second kappa shape index (κ2) is 5.44. The summed E-state index contributed by atoms with van der Waals surface area (Å²) in [6, 6.07) is 2.76. The number of H-pyrrole nitrogens is 1. The SMILES string of the molecule is CC(N)C1CCN(C(=O)c2cc(F)cc3[nH]cnc23)CC1. The molecule has 0 saturated carbocycles. The van der Waals surface area contributed by atoms with Crippen molar-refractivity contribution in [2.75, 3.05) is 13.1 Å². The Hall–Kier alpha value is -1.95. The van der Waals surface area contributed by atoms with Crippen molar-refractivity contribution in [1.29, 1.82) is 0 Å². The van der Waals surface area contributed by atoms with Gasteiger partial charge in [0.05, 0.1) is 17.4 Å². The van der Waals surface area contributed by atoms with Crippen LogP contribution in [0.5, 0.6) is 0 Å². The molecule has 6 heteroatoms. The number of benzene rings is 1. The van der Waals surface area contributed by atoms with E-state index in [0.717, 1.165) is 12.8 Å². The van der Waals surface area contributed by atoms with Gasteiger partial charge in [0.1, 0.15) is 11.3 Å². The number of halogens is 1. The van der Waals surface area contributed by atoms with Crippen molar-refractivity contribution in [3.8, 4) is 0 Å². The zero-order valence-corrected chi connectivity index (χ0v) is 12.0. The molecule has 1 aromatic carbocycles. The molecule has 1 atom stereocenters. The summed E-state index contributed by atoms with van der Waals surface area (Å²) in [7, 11) is 0. The molecule has 0 aliphatic carbocycles. The summed E-state index contributed by atoms with van der Waals surface area (Å²) in [6.07, 6.45) is 3.26. The monoisotopic (exact) mass is 290 g/mol. The van der Waals surface area contributed by atoms with E-state index in [1.54, 1.807) is 4.90 Å². The molecule has 1 aliphatic rings. The number of carbonyl (C=O) groups excluding carboxylic acids is 1. The van der Waals surface area contributed by atoms with Gasteiger partial charge < -0.3 is 15.6 Å². The van der Waals surface area contributed by atoms with Gasteiger partial charge in [-0.3, -0.25) is 4.79 Å². The second-order valence-corrected chi connectivity index (χ2v) is 5.74. The van der Waals surface area contributed by atoms with Gasteiger partial charge in [0.2, 0.25) is 0 Å². The average molecular weight is 290 g/mol. The van der Waals surface area contributed by atoms with Crippen LogP contribution in [-0.2, 0) is 0 Å². The Morgan fingerprint density at radius 2 is 2.19 bits per heavy atom. The number of nitrogens with two attached hydrogens (primary N) is 1. The van der Waals surface area contributed by atoms with Crippen molar-refractivity contribution < 1.29 is 9.18 Å². The topological polar surface area (TPSA) is 75.0 Å². The van der Waals surface area contributed by atoms with Gasteiger partial charge in [-0.25, -0.2) is 9.37 Å². The van der Waals surface area contributed by atoms with Gasteiger partial charge in [0.15, 0.2) is 0 Å². The van der Waals surface area contributed by atoms with E-state index in [0.29, 0.717) is 35.6 Å². The molecular weight excluding hydrogens is 271 g/mol. The number of imidazole rings is 1. The first-order chi connectivity index (χ1) is 10.1. The lowest BCUT2D eigenvalue weighted by Gasteiger charge is -2.33. The smallest absolute Gasteiger partial charge is 0.256 e. The Bertz CT molecular complexity index is 659. The molecule has 0 bridgehead atoms. The molecule has 3 rings (SSSR count). The van der Waals surface area contributed by atoms with E-state index in [-0.39, 0.29) is 11.9 Å². The summed E-state index contributed by atoms with van der Waals surface area (Å²) < 4.78 is 13.6. The van der Waals surface area contributed by atoms with Crippen molar-refractivity contribution in [2.24, 2.45) is 11.7 Å². The third-order valence-electron chi connectivity index (χ3n) is 4.29. The van der Waals surface area contributed by atoms with E-state index in [9.17, 15) is 9.18 Å². The first-order valence-electron chi connectivity index (χ1n) is 7.23. The molecule has 21 heavy (non-hydrogen) atoms. The fourth-order valence-electron chi connectivity index (χ4n) is 2.98. The van der Waals surface area contributed by atoms with Gasteiger partial charge in [0.25, 0.3) is 5.91 Å². The molecule has 2 aromatic rings. The summed E-state index contributed by atoms with van der Waals surface area (Å²) in [4.78, 5) is 21.4. The summed E-state index contributed by atoms with van der Waals surface area (Å²) in [5.74, 6) is -0.137. The minimum atomic E-state index is -0.430. The van der Waals surface area contributed by atoms with E-state index in [1.165, 1.54) is 18.5 Å². The highest BCUT2D eigenvalue weighted by Crippen LogP contribution is 2.24. The number of aromatic amines is 1. The lowest BCUT2D eigenvalue weighted by molar-refractivity contribution is 0.0682. The largest absolute Gasteiger partial charge is 0.344 e. The molecule has 0 radical (unpaired) electrons. The lowest BCUT2D eigenvalue weighted by Crippen LogP contribution is -2.42. The maximum Gasteiger partial charge on any atom is 0.256 e. The van der Waals surface area contributed by atoms with E-state index >= 15 is 0 Å². The van der Waals surface area contributed by atoms with Gasteiger partial charge in [-0.15, -0.1) is 0 Å². The molecule has 1 aromatic heterocycles. The number of nitrogens with one attached hydrogen (secondary N) is 1. The summed E-state index contributed by atoms with van der Waals surface area (Å²) in [5.41, 5.74) is 7.31. The van der Waals surface area contributed by atoms with Gasteiger partial charge in [0, 0.05) is 19.1 Å². The zero-order chi connectivity index (χ0) is 15.0. The molecular formula is C15H19FN4O. The summed E-state index contributed by atoms with van der Waals surface area (Å²) >= 11 is 0. The lowest BCUT2D eigenvalue weighted by atomic mass is 9.90. The second-order valence-electron chi connectivity index (χ2n) is 5.74. The predicted octanol–water partition coefficient (Wildman–Crippen LogP) is 1.90. The van der Waals surface area contributed by atoms with Crippen LogP contribution in [0.3, 0.4) is 0 Å². The Balaban J connectivity index is 1.83. The molecule has 2 heterocycles. The van der Waals surface area contributed by atoms with Crippen LogP contribution in [0, 0.1) is 11.7 Å². The fraction of sp³-hybridized carbons (Fsp3) is 0.467. The molecule has 1 saturated heterocycles. The number of rotatable bonds is 2. The van der Waals surface area contributed by atoms with Crippen LogP contribution in [0.1, 0.15) is 30.1 Å². The summed E-state index contributed by atoms with van der Waals surface area (Å²) in [5, 5.41) is 0. The molecule has 0 spiro atoms. The van der Waals surface area contributed by atoms with Crippen LogP contribution < -0.4 is 5.73 Å². The minimum absolute atomic E-state index is 0.148. The number of hydrogen-bond donors (Lipinski definition) is 2. The van der Waals surface area contributed by atoms with Gasteiger partial charge in [-0.05, 0) is 37.8 Å². The van der Waals surface area contributed by atoms with Crippen LogP contribution in [0.15, 0.2) is 18.5 Å². The highest BCUT2D eigenvalue weighted by atomic mass is 19.1. The first kappa shape index (κ1) is 14.0. The van der Waals surface area contributed by atoms with Gasteiger partial charge in [-0.1, -0.05) is 0 Å². The van der Waals surface area contributed by atoms with Crippen LogP contribution in [-0.4, -0.2) is 39.9 Å². The number of piperidine rings is 1. The maximum absolute atomic E-state index is 13.6. The number of carbonyl (C=O) groups is 1. The van der Waals surface area contributed by atoms with E-state index < -0.39 is 5.82 Å². The predicted molar refractivity (Wildman–Crippen MR) is 78.3 cm³/mol. The Kier molecular flexibility index (Phi) is 3.63. The van der Waals surface area contributed by atoms with E-state index in [2.05, 4.69) is 9.97 Å². The third kappa shape index (κ3) is 2.63. The van der Waals surface area contributed by atoms with Crippen LogP contribution in [0.4, 0.5) is 4.39 Å².